The SMILES string of the molecule is NC(=O)CCC(NC(=O)C(N)Cc1c[nH]c2ccccc12)C(=O)NC(CS)C(=O)NC(CO)C(=O)O. The van der Waals surface area contributed by atoms with Gasteiger partial charge in [0.25, 0.3) is 0 Å². The number of carboxylic acids is 1. The van der Waals surface area contributed by atoms with Crippen molar-refractivity contribution in [2.75, 3.05) is 12.4 Å². The van der Waals surface area contributed by atoms with Crippen molar-refractivity contribution in [1.29, 1.82) is 0 Å². The Labute approximate surface area is 211 Å². The highest BCUT2D eigenvalue weighted by molar-refractivity contribution is 7.80. The molecule has 0 fully saturated rings. The molecule has 1 aromatic carbocycles. The monoisotopic (exact) mass is 522 g/mol. The Kier molecular flexibility index (Phi) is 10.7. The number of aromatic amines is 1. The summed E-state index contributed by atoms with van der Waals surface area (Å²) in [5.41, 5.74) is 12.9. The molecule has 0 bridgehead atoms. The van der Waals surface area contributed by atoms with Gasteiger partial charge < -0.3 is 42.6 Å². The van der Waals surface area contributed by atoms with Gasteiger partial charge >= 0.3 is 5.97 Å². The number of hydrogen-bond donors (Lipinski definition) is 9. The minimum Gasteiger partial charge on any atom is -0.480 e. The van der Waals surface area contributed by atoms with Gasteiger partial charge in [-0.15, -0.1) is 0 Å². The minimum absolute atomic E-state index is 0.165. The largest absolute Gasteiger partial charge is 0.480 e. The first-order chi connectivity index (χ1) is 17.1. The molecule has 0 aliphatic carbocycles. The summed E-state index contributed by atoms with van der Waals surface area (Å²) in [6.45, 7) is -0.861. The van der Waals surface area contributed by atoms with Crippen LogP contribution in [0.3, 0.4) is 0 Å². The first-order valence-electron chi connectivity index (χ1n) is 11.0. The maximum atomic E-state index is 12.9. The molecule has 4 atom stereocenters. The van der Waals surface area contributed by atoms with E-state index < -0.39 is 60.4 Å². The van der Waals surface area contributed by atoms with Crippen molar-refractivity contribution in [1.82, 2.24) is 20.9 Å². The van der Waals surface area contributed by atoms with Gasteiger partial charge in [-0.3, -0.25) is 19.2 Å². The average Bonchev–Trinajstić information content (AvgIpc) is 3.25. The number of fused-ring (bicyclic) bond motifs is 1. The lowest BCUT2D eigenvalue weighted by molar-refractivity contribution is -0.143. The van der Waals surface area contributed by atoms with E-state index in [0.717, 1.165) is 16.5 Å². The van der Waals surface area contributed by atoms with E-state index in [9.17, 15) is 24.0 Å². The smallest absolute Gasteiger partial charge is 0.328 e. The molecule has 2 aromatic rings. The summed E-state index contributed by atoms with van der Waals surface area (Å²) in [5, 5.41) is 25.9. The van der Waals surface area contributed by atoms with Gasteiger partial charge in [0.15, 0.2) is 0 Å². The van der Waals surface area contributed by atoms with Gasteiger partial charge in [0.1, 0.15) is 18.1 Å². The number of aliphatic hydroxyl groups excluding tert-OH is 1. The summed E-state index contributed by atoms with van der Waals surface area (Å²) >= 11 is 4.00. The number of hydrogen-bond acceptors (Lipinski definition) is 8. The van der Waals surface area contributed by atoms with Gasteiger partial charge in [0.2, 0.25) is 23.6 Å². The molecule has 0 aliphatic rings. The van der Waals surface area contributed by atoms with Crippen molar-refractivity contribution in [2.24, 2.45) is 11.5 Å². The number of nitrogens with one attached hydrogen (secondary N) is 4. The third-order valence-electron chi connectivity index (χ3n) is 5.38. The van der Waals surface area contributed by atoms with Crippen LogP contribution in [0.25, 0.3) is 10.9 Å². The number of H-pyrrole nitrogens is 1. The van der Waals surface area contributed by atoms with Crippen LogP contribution in [-0.4, -0.2) is 81.3 Å². The molecule has 0 spiro atoms. The second-order valence-electron chi connectivity index (χ2n) is 8.06. The van der Waals surface area contributed by atoms with Crippen molar-refractivity contribution in [3.63, 3.8) is 0 Å². The predicted molar refractivity (Wildman–Crippen MR) is 133 cm³/mol. The molecule has 36 heavy (non-hydrogen) atoms. The Hall–Kier alpha value is -3.62. The quantitative estimate of drug-likeness (QED) is 0.123. The van der Waals surface area contributed by atoms with Crippen LogP contribution in [0, 0.1) is 0 Å². The number of thiol groups is 1. The van der Waals surface area contributed by atoms with Gasteiger partial charge in [0, 0.05) is 29.3 Å². The Bertz CT molecular complexity index is 1110. The number of rotatable bonds is 14. The van der Waals surface area contributed by atoms with Gasteiger partial charge in [-0.2, -0.15) is 12.6 Å². The molecule has 1 heterocycles. The summed E-state index contributed by atoms with van der Waals surface area (Å²) < 4.78 is 0. The van der Waals surface area contributed by atoms with Gasteiger partial charge in [-0.1, -0.05) is 18.2 Å². The maximum Gasteiger partial charge on any atom is 0.328 e. The second-order valence-corrected chi connectivity index (χ2v) is 8.43. The lowest BCUT2D eigenvalue weighted by atomic mass is 10.0. The van der Waals surface area contributed by atoms with E-state index in [4.69, 9.17) is 21.7 Å². The molecule has 10 N–H and O–H groups in total. The number of nitrogens with two attached hydrogens (primary N) is 2. The number of aliphatic carboxylic acids is 1. The summed E-state index contributed by atoms with van der Waals surface area (Å²) in [5.74, 6) is -4.79. The van der Waals surface area contributed by atoms with Crippen LogP contribution < -0.4 is 27.4 Å². The molecular weight excluding hydrogens is 492 g/mol. The summed E-state index contributed by atoms with van der Waals surface area (Å²) in [7, 11) is 0. The van der Waals surface area contributed by atoms with Crippen molar-refractivity contribution in [2.45, 2.75) is 43.4 Å². The van der Waals surface area contributed by atoms with Crippen LogP contribution in [0.1, 0.15) is 18.4 Å². The molecule has 13 nitrogen and oxygen atoms in total. The zero-order valence-electron chi connectivity index (χ0n) is 19.3. The fraction of sp³-hybridized carbons (Fsp3) is 0.409. The number of aromatic nitrogens is 1. The van der Waals surface area contributed by atoms with E-state index in [0.29, 0.717) is 0 Å². The fourth-order valence-electron chi connectivity index (χ4n) is 3.39. The standard InChI is InChI=1S/C22H30N6O7S/c23-13(7-11-8-25-14-4-2-1-3-12(11)14)19(31)26-15(5-6-18(24)30)20(32)28-17(10-36)21(33)27-16(9-29)22(34)35/h1-4,8,13,15-17,25,29,36H,5-7,9-10,23H2,(H2,24,30)(H,26,31)(H,27,33)(H,28,32)(H,34,35). The highest BCUT2D eigenvalue weighted by Crippen LogP contribution is 2.18. The maximum absolute atomic E-state index is 12.9. The number of carboxylic acid groups (broad SMARTS) is 1. The van der Waals surface area contributed by atoms with Crippen LogP contribution in [-0.2, 0) is 30.4 Å². The van der Waals surface area contributed by atoms with Crippen LogP contribution in [0.2, 0.25) is 0 Å². The Balaban J connectivity index is 2.08. The molecular formula is C22H30N6O7S. The molecule has 4 amide bonds. The first-order valence-corrected chi connectivity index (χ1v) is 11.6. The highest BCUT2D eigenvalue weighted by Gasteiger charge is 2.30. The van der Waals surface area contributed by atoms with Gasteiger partial charge in [-0.25, -0.2) is 4.79 Å². The van der Waals surface area contributed by atoms with Crippen molar-refractivity contribution < 1.29 is 34.2 Å². The Morgan fingerprint density at radius 1 is 0.972 bits per heavy atom. The Morgan fingerprint density at radius 3 is 2.19 bits per heavy atom. The van der Waals surface area contributed by atoms with Crippen LogP contribution >= 0.6 is 12.6 Å². The molecule has 2 rings (SSSR count). The molecule has 14 heteroatoms. The molecule has 0 radical (unpaired) electrons. The van der Waals surface area contributed by atoms with E-state index in [1.807, 2.05) is 24.3 Å². The average molecular weight is 523 g/mol. The summed E-state index contributed by atoms with van der Waals surface area (Å²) in [6, 6.07) is 2.31. The van der Waals surface area contributed by atoms with E-state index in [2.05, 4.69) is 33.6 Å². The third-order valence-corrected chi connectivity index (χ3v) is 5.74. The normalized spacial score (nSPS) is 14.3. The van der Waals surface area contributed by atoms with E-state index in [-0.39, 0.29) is 25.0 Å². The molecule has 4 unspecified atom stereocenters. The summed E-state index contributed by atoms with van der Waals surface area (Å²) in [4.78, 5) is 63.4. The highest BCUT2D eigenvalue weighted by atomic mass is 32.1. The number of para-hydroxylation sites is 1. The predicted octanol–water partition coefficient (Wildman–Crippen LogP) is -2.24. The zero-order chi connectivity index (χ0) is 26.8. The molecule has 0 aliphatic heterocycles. The molecule has 0 saturated carbocycles. The first kappa shape index (κ1) is 28.6. The number of carbonyl (C=O) groups excluding carboxylic acids is 4. The number of primary amides is 1. The van der Waals surface area contributed by atoms with Crippen LogP contribution in [0.5, 0.6) is 0 Å². The number of carbonyl (C=O) groups is 5. The number of benzene rings is 1. The minimum atomic E-state index is -1.58. The number of amides is 4. The van der Waals surface area contributed by atoms with Crippen molar-refractivity contribution >= 4 is 53.1 Å². The fourth-order valence-corrected chi connectivity index (χ4v) is 3.65. The summed E-state index contributed by atoms with van der Waals surface area (Å²) in [6.07, 6.45) is 1.50. The number of aliphatic hydroxyl groups is 1. The van der Waals surface area contributed by atoms with E-state index >= 15 is 0 Å². The van der Waals surface area contributed by atoms with E-state index in [1.54, 1.807) is 6.20 Å². The third kappa shape index (κ3) is 7.96. The van der Waals surface area contributed by atoms with Gasteiger partial charge in [-0.05, 0) is 24.5 Å². The van der Waals surface area contributed by atoms with E-state index in [1.165, 1.54) is 0 Å². The molecule has 196 valence electrons. The lowest BCUT2D eigenvalue weighted by Crippen LogP contribution is -2.58. The van der Waals surface area contributed by atoms with Gasteiger partial charge in [0.05, 0.1) is 12.6 Å². The van der Waals surface area contributed by atoms with Crippen LogP contribution in [0.4, 0.5) is 0 Å². The topological polar surface area (TPSA) is 230 Å². The van der Waals surface area contributed by atoms with Crippen molar-refractivity contribution in [3.8, 4) is 0 Å². The van der Waals surface area contributed by atoms with Crippen LogP contribution in [0.15, 0.2) is 30.5 Å². The molecule has 0 saturated heterocycles. The lowest BCUT2D eigenvalue weighted by Gasteiger charge is -2.24. The second kappa shape index (κ2) is 13.5. The zero-order valence-corrected chi connectivity index (χ0v) is 20.2. The Morgan fingerprint density at radius 2 is 1.58 bits per heavy atom. The molecule has 1 aromatic heterocycles. The van der Waals surface area contributed by atoms with Crippen molar-refractivity contribution in [3.05, 3.63) is 36.0 Å².